The summed E-state index contributed by atoms with van der Waals surface area (Å²) in [5.74, 6) is 0.623. The zero-order valence-electron chi connectivity index (χ0n) is 12.4. The third-order valence-corrected chi connectivity index (χ3v) is 2.90. The predicted octanol–water partition coefficient (Wildman–Crippen LogP) is 1.68. The molecule has 0 aliphatic heterocycles. The van der Waals surface area contributed by atoms with Crippen molar-refractivity contribution in [3.63, 3.8) is 0 Å². The standard InChI is InChI=1S/C15H16N2O5/c1-9-4-6-12(22-9)15(19)17-16-14(18)10-5-7-11(20-2)13(8-10)21-3/h4-8H,1-3H3,(H,16,18)(H,17,19). The Morgan fingerprint density at radius 3 is 2.23 bits per heavy atom. The molecule has 2 rings (SSSR count). The number of ether oxygens (including phenoxy) is 2. The van der Waals surface area contributed by atoms with Gasteiger partial charge >= 0.3 is 5.91 Å². The number of methoxy groups -OCH3 is 2. The quantitative estimate of drug-likeness (QED) is 0.839. The molecule has 7 heteroatoms. The summed E-state index contributed by atoms with van der Waals surface area (Å²) in [5, 5.41) is 0. The molecule has 0 aliphatic rings. The summed E-state index contributed by atoms with van der Waals surface area (Å²) in [6.45, 7) is 1.72. The SMILES string of the molecule is COc1ccc(C(=O)NNC(=O)c2ccc(C)o2)cc1OC. The number of benzene rings is 1. The van der Waals surface area contributed by atoms with Crippen molar-refractivity contribution in [1.29, 1.82) is 0 Å². The fourth-order valence-electron chi connectivity index (χ4n) is 1.78. The lowest BCUT2D eigenvalue weighted by Gasteiger charge is -2.10. The van der Waals surface area contributed by atoms with Crippen LogP contribution in [0.1, 0.15) is 26.7 Å². The van der Waals surface area contributed by atoms with Gasteiger partial charge in [0.15, 0.2) is 17.3 Å². The van der Waals surface area contributed by atoms with Gasteiger partial charge in [-0.25, -0.2) is 0 Å². The van der Waals surface area contributed by atoms with E-state index in [1.807, 2.05) is 0 Å². The number of nitrogens with one attached hydrogen (secondary N) is 2. The van der Waals surface area contributed by atoms with E-state index in [0.717, 1.165) is 0 Å². The molecular formula is C15H16N2O5. The third-order valence-electron chi connectivity index (χ3n) is 2.90. The molecule has 0 unspecified atom stereocenters. The highest BCUT2D eigenvalue weighted by molar-refractivity contribution is 5.98. The van der Waals surface area contributed by atoms with Crippen molar-refractivity contribution in [3.05, 3.63) is 47.4 Å². The molecular weight excluding hydrogens is 288 g/mol. The number of hydrazine groups is 1. The maximum Gasteiger partial charge on any atom is 0.305 e. The molecule has 0 radical (unpaired) electrons. The third kappa shape index (κ3) is 3.38. The Morgan fingerprint density at radius 1 is 0.955 bits per heavy atom. The second-order valence-corrected chi connectivity index (χ2v) is 4.39. The van der Waals surface area contributed by atoms with Crippen molar-refractivity contribution < 1.29 is 23.5 Å². The maximum absolute atomic E-state index is 12.0. The van der Waals surface area contributed by atoms with Gasteiger partial charge in [0.25, 0.3) is 5.91 Å². The monoisotopic (exact) mass is 304 g/mol. The first-order chi connectivity index (χ1) is 10.5. The number of carbonyl (C=O) groups excluding carboxylic acids is 2. The number of hydrogen-bond donors (Lipinski definition) is 2. The van der Waals surface area contributed by atoms with E-state index in [2.05, 4.69) is 10.9 Å². The average molecular weight is 304 g/mol. The van der Waals surface area contributed by atoms with Crippen LogP contribution < -0.4 is 20.3 Å². The van der Waals surface area contributed by atoms with Crippen LogP contribution in [-0.4, -0.2) is 26.0 Å². The molecule has 0 aliphatic carbocycles. The first-order valence-corrected chi connectivity index (χ1v) is 6.44. The van der Waals surface area contributed by atoms with E-state index in [1.54, 1.807) is 25.1 Å². The molecule has 22 heavy (non-hydrogen) atoms. The molecule has 2 amide bonds. The van der Waals surface area contributed by atoms with E-state index in [4.69, 9.17) is 13.9 Å². The molecule has 0 saturated carbocycles. The summed E-state index contributed by atoms with van der Waals surface area (Å²) >= 11 is 0. The van der Waals surface area contributed by atoms with Gasteiger partial charge in [-0.05, 0) is 37.3 Å². The van der Waals surface area contributed by atoms with Crippen LogP contribution in [0, 0.1) is 6.92 Å². The number of carbonyl (C=O) groups is 2. The minimum absolute atomic E-state index is 0.116. The van der Waals surface area contributed by atoms with Crippen molar-refractivity contribution in [2.24, 2.45) is 0 Å². The Kier molecular flexibility index (Phi) is 4.67. The van der Waals surface area contributed by atoms with E-state index in [9.17, 15) is 9.59 Å². The Balaban J connectivity index is 2.02. The fraction of sp³-hybridized carbons (Fsp3) is 0.200. The molecule has 2 aromatic rings. The Morgan fingerprint density at radius 2 is 1.64 bits per heavy atom. The van der Waals surface area contributed by atoms with Gasteiger partial charge in [-0.1, -0.05) is 0 Å². The molecule has 0 spiro atoms. The highest BCUT2D eigenvalue weighted by atomic mass is 16.5. The summed E-state index contributed by atoms with van der Waals surface area (Å²) in [5.41, 5.74) is 4.89. The van der Waals surface area contributed by atoms with Crippen molar-refractivity contribution >= 4 is 11.8 Å². The molecule has 1 aromatic heterocycles. The minimum Gasteiger partial charge on any atom is -0.493 e. The lowest BCUT2D eigenvalue weighted by atomic mass is 10.2. The second kappa shape index (κ2) is 6.66. The van der Waals surface area contributed by atoms with Gasteiger partial charge in [0.2, 0.25) is 0 Å². The highest BCUT2D eigenvalue weighted by Gasteiger charge is 2.13. The van der Waals surface area contributed by atoms with Crippen molar-refractivity contribution in [1.82, 2.24) is 10.9 Å². The lowest BCUT2D eigenvalue weighted by Crippen LogP contribution is -2.41. The van der Waals surface area contributed by atoms with Crippen LogP contribution in [0.3, 0.4) is 0 Å². The first kappa shape index (κ1) is 15.4. The Labute approximate surface area is 127 Å². The van der Waals surface area contributed by atoms with E-state index >= 15 is 0 Å². The van der Waals surface area contributed by atoms with Crippen molar-refractivity contribution in [2.45, 2.75) is 6.92 Å². The molecule has 0 atom stereocenters. The normalized spacial score (nSPS) is 9.95. The van der Waals surface area contributed by atoms with Crippen LogP contribution in [0.5, 0.6) is 11.5 Å². The molecule has 1 aromatic carbocycles. The minimum atomic E-state index is -0.540. The summed E-state index contributed by atoms with van der Waals surface area (Å²) < 4.78 is 15.4. The van der Waals surface area contributed by atoms with Crippen molar-refractivity contribution in [3.8, 4) is 11.5 Å². The number of aryl methyl sites for hydroxylation is 1. The molecule has 0 fully saturated rings. The van der Waals surface area contributed by atoms with Gasteiger partial charge in [0.1, 0.15) is 5.76 Å². The zero-order valence-corrected chi connectivity index (χ0v) is 12.4. The average Bonchev–Trinajstić information content (AvgIpc) is 2.98. The molecule has 0 saturated heterocycles. The van der Waals surface area contributed by atoms with Gasteiger partial charge in [0, 0.05) is 5.56 Å². The Hall–Kier alpha value is -2.96. The van der Waals surface area contributed by atoms with Crippen LogP contribution in [-0.2, 0) is 0 Å². The predicted molar refractivity (Wildman–Crippen MR) is 77.9 cm³/mol. The van der Waals surface area contributed by atoms with Crippen LogP contribution in [0.15, 0.2) is 34.7 Å². The Bertz CT molecular complexity index is 693. The summed E-state index contributed by atoms with van der Waals surface area (Å²) in [7, 11) is 2.98. The number of hydrogen-bond acceptors (Lipinski definition) is 5. The van der Waals surface area contributed by atoms with Gasteiger partial charge < -0.3 is 13.9 Å². The molecule has 0 bridgehead atoms. The van der Waals surface area contributed by atoms with E-state index in [-0.39, 0.29) is 5.76 Å². The highest BCUT2D eigenvalue weighted by Crippen LogP contribution is 2.27. The van der Waals surface area contributed by atoms with Crippen LogP contribution in [0.25, 0.3) is 0 Å². The molecule has 2 N–H and O–H groups in total. The number of amides is 2. The topological polar surface area (TPSA) is 89.8 Å². The molecule has 7 nitrogen and oxygen atoms in total. The molecule has 1 heterocycles. The first-order valence-electron chi connectivity index (χ1n) is 6.44. The van der Waals surface area contributed by atoms with Crippen LogP contribution >= 0.6 is 0 Å². The van der Waals surface area contributed by atoms with Crippen LogP contribution in [0.4, 0.5) is 0 Å². The maximum atomic E-state index is 12.0. The lowest BCUT2D eigenvalue weighted by molar-refractivity contribution is 0.0830. The fourth-order valence-corrected chi connectivity index (χ4v) is 1.78. The summed E-state index contributed by atoms with van der Waals surface area (Å²) in [4.78, 5) is 23.8. The largest absolute Gasteiger partial charge is 0.493 e. The number of rotatable bonds is 4. The van der Waals surface area contributed by atoms with Gasteiger partial charge in [-0.2, -0.15) is 0 Å². The van der Waals surface area contributed by atoms with E-state index in [1.165, 1.54) is 26.4 Å². The van der Waals surface area contributed by atoms with E-state index in [0.29, 0.717) is 22.8 Å². The second-order valence-electron chi connectivity index (χ2n) is 4.39. The zero-order chi connectivity index (χ0) is 16.1. The number of furan rings is 1. The van der Waals surface area contributed by atoms with Gasteiger partial charge in [-0.3, -0.25) is 20.4 Å². The summed E-state index contributed by atoms with van der Waals surface area (Å²) in [6.07, 6.45) is 0. The van der Waals surface area contributed by atoms with Crippen LogP contribution in [0.2, 0.25) is 0 Å². The van der Waals surface area contributed by atoms with Gasteiger partial charge in [-0.15, -0.1) is 0 Å². The van der Waals surface area contributed by atoms with Gasteiger partial charge in [0.05, 0.1) is 14.2 Å². The summed E-state index contributed by atoms with van der Waals surface area (Å²) in [6, 6.07) is 7.85. The smallest absolute Gasteiger partial charge is 0.305 e. The molecule has 116 valence electrons. The van der Waals surface area contributed by atoms with E-state index < -0.39 is 11.8 Å². The van der Waals surface area contributed by atoms with Crippen molar-refractivity contribution in [2.75, 3.05) is 14.2 Å².